The van der Waals surface area contributed by atoms with E-state index in [-0.39, 0.29) is 17.8 Å². The van der Waals surface area contributed by atoms with Gasteiger partial charge in [0.05, 0.1) is 11.1 Å². The molecule has 1 heterocycles. The van der Waals surface area contributed by atoms with E-state index in [0.717, 1.165) is 30.6 Å². The van der Waals surface area contributed by atoms with Crippen molar-refractivity contribution in [2.45, 2.75) is 31.9 Å². The van der Waals surface area contributed by atoms with Crippen molar-refractivity contribution in [1.29, 1.82) is 0 Å². The molecule has 0 aromatic heterocycles. The van der Waals surface area contributed by atoms with Crippen LogP contribution in [0, 0.1) is 5.82 Å². The summed E-state index contributed by atoms with van der Waals surface area (Å²) in [5, 5.41) is 3.33. The number of nitrogens with one attached hydrogen (secondary N) is 1. The van der Waals surface area contributed by atoms with Gasteiger partial charge in [-0.2, -0.15) is 0 Å². The molecule has 136 valence electrons. The van der Waals surface area contributed by atoms with Crippen molar-refractivity contribution >= 4 is 22.5 Å². The second-order valence-electron chi connectivity index (χ2n) is 6.31. The standard InChI is InChI=1S/C21H21ClFNO2/c22-20(16-5-2-1-3-6-16)19(13-18-7-4-12-26-18)21(25)24-14-15-8-10-17(23)11-9-15/h1-3,5-6,8-11,18H,4,7,12-14H2,(H,24,25)/b20-19-/t18-/m1/s1. The van der Waals surface area contributed by atoms with Crippen LogP contribution in [-0.4, -0.2) is 18.6 Å². The van der Waals surface area contributed by atoms with E-state index in [1.165, 1.54) is 12.1 Å². The summed E-state index contributed by atoms with van der Waals surface area (Å²) in [7, 11) is 0. The van der Waals surface area contributed by atoms with Crippen molar-refractivity contribution < 1.29 is 13.9 Å². The molecule has 1 amide bonds. The number of rotatable bonds is 6. The van der Waals surface area contributed by atoms with Gasteiger partial charge in [-0.15, -0.1) is 0 Å². The van der Waals surface area contributed by atoms with Gasteiger partial charge in [-0.1, -0.05) is 54.1 Å². The molecule has 0 saturated carbocycles. The first kappa shape index (κ1) is 18.6. The summed E-state index contributed by atoms with van der Waals surface area (Å²) < 4.78 is 18.7. The summed E-state index contributed by atoms with van der Waals surface area (Å²) in [6, 6.07) is 15.5. The van der Waals surface area contributed by atoms with Crippen molar-refractivity contribution in [2.75, 3.05) is 6.61 Å². The highest BCUT2D eigenvalue weighted by Crippen LogP contribution is 2.29. The van der Waals surface area contributed by atoms with Gasteiger partial charge in [0.25, 0.3) is 0 Å². The van der Waals surface area contributed by atoms with Crippen LogP contribution in [0.4, 0.5) is 4.39 Å². The number of amides is 1. The van der Waals surface area contributed by atoms with Gasteiger partial charge >= 0.3 is 0 Å². The van der Waals surface area contributed by atoms with E-state index < -0.39 is 0 Å². The van der Waals surface area contributed by atoms with Crippen LogP contribution < -0.4 is 5.32 Å². The van der Waals surface area contributed by atoms with Crippen LogP contribution in [0.3, 0.4) is 0 Å². The van der Waals surface area contributed by atoms with Gasteiger partial charge in [0.2, 0.25) is 5.91 Å². The average Bonchev–Trinajstić information content (AvgIpc) is 3.19. The maximum Gasteiger partial charge on any atom is 0.249 e. The highest BCUT2D eigenvalue weighted by Gasteiger charge is 2.23. The third kappa shape index (κ3) is 4.93. The predicted molar refractivity (Wildman–Crippen MR) is 101 cm³/mol. The first-order valence-electron chi connectivity index (χ1n) is 8.72. The molecule has 5 heteroatoms. The van der Waals surface area contributed by atoms with Crippen molar-refractivity contribution in [1.82, 2.24) is 5.32 Å². The highest BCUT2D eigenvalue weighted by molar-refractivity contribution is 6.51. The minimum Gasteiger partial charge on any atom is -0.378 e. The van der Waals surface area contributed by atoms with E-state index in [1.807, 2.05) is 30.3 Å². The average molecular weight is 374 g/mol. The Balaban J connectivity index is 1.77. The monoisotopic (exact) mass is 373 g/mol. The number of ether oxygens (including phenoxy) is 1. The normalized spacial score (nSPS) is 17.7. The minimum absolute atomic E-state index is 0.0130. The van der Waals surface area contributed by atoms with E-state index in [0.29, 0.717) is 23.6 Å². The molecule has 0 radical (unpaired) electrons. The van der Waals surface area contributed by atoms with Gasteiger partial charge in [0.15, 0.2) is 0 Å². The molecule has 2 aromatic carbocycles. The molecule has 3 nitrogen and oxygen atoms in total. The number of hydrogen-bond donors (Lipinski definition) is 1. The molecule has 0 unspecified atom stereocenters. The zero-order valence-electron chi connectivity index (χ0n) is 14.4. The summed E-state index contributed by atoms with van der Waals surface area (Å²) in [6.45, 7) is 1.03. The van der Waals surface area contributed by atoms with Crippen molar-refractivity contribution in [3.8, 4) is 0 Å². The minimum atomic E-state index is -0.300. The molecule has 1 aliphatic rings. The molecular weight excluding hydrogens is 353 g/mol. The van der Waals surface area contributed by atoms with Crippen molar-refractivity contribution in [3.63, 3.8) is 0 Å². The molecule has 1 saturated heterocycles. The first-order valence-corrected chi connectivity index (χ1v) is 9.09. The van der Waals surface area contributed by atoms with Gasteiger partial charge in [-0.3, -0.25) is 4.79 Å². The van der Waals surface area contributed by atoms with E-state index in [4.69, 9.17) is 16.3 Å². The molecule has 0 bridgehead atoms. The lowest BCUT2D eigenvalue weighted by Crippen LogP contribution is -2.27. The number of hydrogen-bond acceptors (Lipinski definition) is 2. The van der Waals surface area contributed by atoms with Crippen LogP contribution in [0.15, 0.2) is 60.2 Å². The molecule has 0 spiro atoms. The molecule has 1 N–H and O–H groups in total. The Bertz CT molecular complexity index is 768. The molecule has 3 rings (SSSR count). The summed E-state index contributed by atoms with van der Waals surface area (Å²) >= 11 is 6.56. The summed E-state index contributed by atoms with van der Waals surface area (Å²) in [6.07, 6.45) is 2.41. The van der Waals surface area contributed by atoms with E-state index >= 15 is 0 Å². The maximum absolute atomic E-state index is 13.0. The quantitative estimate of drug-likeness (QED) is 0.748. The Morgan fingerprint density at radius 1 is 1.15 bits per heavy atom. The highest BCUT2D eigenvalue weighted by atomic mass is 35.5. The Morgan fingerprint density at radius 2 is 1.88 bits per heavy atom. The fraction of sp³-hybridized carbons (Fsp3) is 0.286. The lowest BCUT2D eigenvalue weighted by atomic mass is 10.0. The topological polar surface area (TPSA) is 38.3 Å². The Labute approximate surface area is 157 Å². The second-order valence-corrected chi connectivity index (χ2v) is 6.68. The zero-order valence-corrected chi connectivity index (χ0v) is 15.1. The SMILES string of the molecule is O=C(NCc1ccc(F)cc1)/C(C[C@H]1CCCO1)=C(\Cl)c1ccccc1. The number of carbonyl (C=O) groups excluding carboxylic acids is 1. The van der Waals surface area contributed by atoms with Crippen LogP contribution in [0.5, 0.6) is 0 Å². The second kappa shape index (κ2) is 8.97. The van der Waals surface area contributed by atoms with E-state index in [9.17, 15) is 9.18 Å². The smallest absolute Gasteiger partial charge is 0.249 e. The molecular formula is C21H21ClFNO2. The molecule has 1 atom stereocenters. The fourth-order valence-corrected chi connectivity index (χ4v) is 3.25. The van der Waals surface area contributed by atoms with Gasteiger partial charge < -0.3 is 10.1 Å². The third-order valence-electron chi connectivity index (χ3n) is 4.39. The largest absolute Gasteiger partial charge is 0.378 e. The van der Waals surface area contributed by atoms with Crippen molar-refractivity contribution in [3.05, 3.63) is 77.1 Å². The first-order chi connectivity index (χ1) is 12.6. The van der Waals surface area contributed by atoms with Gasteiger partial charge in [-0.05, 0) is 36.1 Å². The summed E-state index contributed by atoms with van der Waals surface area (Å²) in [5.74, 6) is -0.523. The molecule has 2 aromatic rings. The summed E-state index contributed by atoms with van der Waals surface area (Å²) in [4.78, 5) is 12.8. The van der Waals surface area contributed by atoms with E-state index in [2.05, 4.69) is 5.32 Å². The van der Waals surface area contributed by atoms with Gasteiger partial charge in [0.1, 0.15) is 5.82 Å². The number of benzene rings is 2. The number of halogens is 2. The lowest BCUT2D eigenvalue weighted by Gasteiger charge is -2.15. The van der Waals surface area contributed by atoms with Gasteiger partial charge in [0, 0.05) is 25.1 Å². The van der Waals surface area contributed by atoms with Gasteiger partial charge in [-0.25, -0.2) is 4.39 Å². The van der Waals surface area contributed by atoms with E-state index in [1.54, 1.807) is 12.1 Å². The fourth-order valence-electron chi connectivity index (χ4n) is 2.96. The van der Waals surface area contributed by atoms with Crippen molar-refractivity contribution in [2.24, 2.45) is 0 Å². The Hall–Kier alpha value is -2.17. The predicted octanol–water partition coefficient (Wildman–Crippen LogP) is 4.66. The molecule has 26 heavy (non-hydrogen) atoms. The van der Waals surface area contributed by atoms with Crippen LogP contribution in [0.2, 0.25) is 0 Å². The summed E-state index contributed by atoms with van der Waals surface area (Å²) in [5.41, 5.74) is 2.15. The third-order valence-corrected chi connectivity index (χ3v) is 4.83. The van der Waals surface area contributed by atoms with Crippen LogP contribution in [0.1, 0.15) is 30.4 Å². The van der Waals surface area contributed by atoms with Crippen LogP contribution >= 0.6 is 11.6 Å². The molecule has 1 aliphatic heterocycles. The maximum atomic E-state index is 13.0. The Morgan fingerprint density at radius 3 is 2.54 bits per heavy atom. The number of carbonyl (C=O) groups is 1. The Kier molecular flexibility index (Phi) is 6.42. The molecule has 1 fully saturated rings. The van der Waals surface area contributed by atoms with Crippen LogP contribution in [0.25, 0.3) is 5.03 Å². The van der Waals surface area contributed by atoms with Crippen LogP contribution in [-0.2, 0) is 16.1 Å². The zero-order chi connectivity index (χ0) is 18.4. The molecule has 0 aliphatic carbocycles. The lowest BCUT2D eigenvalue weighted by molar-refractivity contribution is -0.118.